The van der Waals surface area contributed by atoms with Crippen molar-refractivity contribution in [2.24, 2.45) is 0 Å². The van der Waals surface area contributed by atoms with Crippen LogP contribution < -0.4 is 10.7 Å². The van der Waals surface area contributed by atoms with Crippen molar-refractivity contribution in [3.63, 3.8) is 0 Å². The molecule has 0 aliphatic carbocycles. The summed E-state index contributed by atoms with van der Waals surface area (Å²) in [5.41, 5.74) is -0.846. The molecule has 9 heteroatoms. The van der Waals surface area contributed by atoms with Crippen LogP contribution in [0.4, 0.5) is 18.3 Å². The zero-order chi connectivity index (χ0) is 18.5. The number of aromatic nitrogens is 2. The van der Waals surface area contributed by atoms with Crippen molar-refractivity contribution >= 4 is 27.4 Å². The maximum Gasteiger partial charge on any atom is 0.418 e. The van der Waals surface area contributed by atoms with Crippen LogP contribution in [0.3, 0.4) is 0 Å². The van der Waals surface area contributed by atoms with E-state index in [1.165, 1.54) is 23.5 Å². The van der Waals surface area contributed by atoms with Crippen molar-refractivity contribution in [2.45, 2.75) is 31.9 Å². The average molecular weight is 381 g/mol. The van der Waals surface area contributed by atoms with Crippen LogP contribution in [0.2, 0.25) is 0 Å². The lowest BCUT2D eigenvalue weighted by molar-refractivity contribution is -0.136. The van der Waals surface area contributed by atoms with Crippen molar-refractivity contribution < 1.29 is 17.9 Å². The third-order valence-corrected chi connectivity index (χ3v) is 5.06. The predicted octanol–water partition coefficient (Wildman–Crippen LogP) is 4.60. The first-order chi connectivity index (χ1) is 12.4. The van der Waals surface area contributed by atoms with Crippen LogP contribution in [0, 0.1) is 0 Å². The van der Waals surface area contributed by atoms with Gasteiger partial charge in [0.25, 0.3) is 0 Å². The minimum absolute atomic E-state index is 0.00938. The number of alkyl halides is 3. The molecule has 26 heavy (non-hydrogen) atoms. The van der Waals surface area contributed by atoms with E-state index in [0.717, 1.165) is 6.07 Å². The van der Waals surface area contributed by atoms with Crippen LogP contribution in [-0.4, -0.2) is 9.97 Å². The summed E-state index contributed by atoms with van der Waals surface area (Å²) in [7, 11) is 0. The van der Waals surface area contributed by atoms with E-state index in [1.807, 2.05) is 6.92 Å². The lowest BCUT2D eigenvalue weighted by atomic mass is 10.0. The number of pyridine rings is 1. The van der Waals surface area contributed by atoms with Gasteiger partial charge in [-0.1, -0.05) is 13.0 Å². The number of aromatic amines is 1. The Morgan fingerprint density at radius 2 is 2.19 bits per heavy atom. The molecule has 3 aromatic rings. The minimum atomic E-state index is -4.56. The summed E-state index contributed by atoms with van der Waals surface area (Å²) in [5.74, 6) is 0. The number of fused-ring (bicyclic) bond motifs is 2. The Morgan fingerprint density at radius 1 is 1.38 bits per heavy atom. The van der Waals surface area contributed by atoms with Crippen LogP contribution in [0.25, 0.3) is 10.9 Å². The lowest BCUT2D eigenvalue weighted by Gasteiger charge is -2.13. The third kappa shape index (κ3) is 2.67. The zero-order valence-corrected chi connectivity index (χ0v) is 14.4. The summed E-state index contributed by atoms with van der Waals surface area (Å²) < 4.78 is 45.9. The van der Waals surface area contributed by atoms with Gasteiger partial charge in [0, 0.05) is 17.0 Å². The molecule has 2 aromatic heterocycles. The number of benzene rings is 1. The van der Waals surface area contributed by atoms with Crippen LogP contribution >= 0.6 is 11.3 Å². The smallest absolute Gasteiger partial charge is 0.355 e. The predicted molar refractivity (Wildman–Crippen MR) is 92.2 cm³/mol. The van der Waals surface area contributed by atoms with E-state index in [1.54, 1.807) is 11.6 Å². The second-order valence-electron chi connectivity index (χ2n) is 5.90. The average Bonchev–Trinajstić information content (AvgIpc) is 3.22. The highest BCUT2D eigenvalue weighted by Crippen LogP contribution is 2.41. The van der Waals surface area contributed by atoms with E-state index in [0.29, 0.717) is 22.8 Å². The number of anilines is 1. The van der Waals surface area contributed by atoms with Crippen molar-refractivity contribution in [1.29, 1.82) is 0 Å². The molecule has 0 saturated carbocycles. The number of hydrogen-bond donors (Lipinski definition) is 2. The fourth-order valence-electron chi connectivity index (χ4n) is 3.21. The Hall–Kier alpha value is -2.39. The Morgan fingerprint density at radius 3 is 2.85 bits per heavy atom. The largest absolute Gasteiger partial charge is 0.418 e. The first-order valence-corrected chi connectivity index (χ1v) is 8.85. The van der Waals surface area contributed by atoms with Gasteiger partial charge in [-0.3, -0.25) is 4.79 Å². The van der Waals surface area contributed by atoms with E-state index in [2.05, 4.69) is 15.3 Å². The number of thiazole rings is 1. The molecule has 0 amide bonds. The standard InChI is InChI=1S/C17H14F3N3O2S/c1-2-10-13-11(15(25-10)23-16-21-6-7-26-16)14(24)8-4-3-5-9(12(8)22-13)17(18,19)20/h3-7,10,15H,2H2,1H3,(H,21,23)(H,22,24). The molecule has 0 fully saturated rings. The highest BCUT2D eigenvalue weighted by atomic mass is 32.1. The molecule has 1 aliphatic heterocycles. The van der Waals surface area contributed by atoms with Gasteiger partial charge in [0.1, 0.15) is 6.10 Å². The first kappa shape index (κ1) is 17.0. The first-order valence-electron chi connectivity index (χ1n) is 7.97. The number of rotatable bonds is 3. The molecule has 136 valence electrons. The van der Waals surface area contributed by atoms with E-state index < -0.39 is 29.5 Å². The molecule has 4 rings (SSSR count). The molecule has 1 aliphatic rings. The van der Waals surface area contributed by atoms with E-state index >= 15 is 0 Å². The molecule has 0 saturated heterocycles. The second-order valence-corrected chi connectivity index (χ2v) is 6.80. The summed E-state index contributed by atoms with van der Waals surface area (Å²) >= 11 is 1.35. The second kappa shape index (κ2) is 6.10. The van der Waals surface area contributed by atoms with Gasteiger partial charge in [0.15, 0.2) is 16.8 Å². The Balaban J connectivity index is 1.93. The Labute approximate surface area is 149 Å². The summed E-state index contributed by atoms with van der Waals surface area (Å²) in [5, 5.41) is 5.37. The normalized spacial score (nSPS) is 19.7. The maximum absolute atomic E-state index is 13.3. The van der Waals surface area contributed by atoms with Gasteiger partial charge in [-0.05, 0) is 18.6 Å². The van der Waals surface area contributed by atoms with Gasteiger partial charge < -0.3 is 15.0 Å². The van der Waals surface area contributed by atoms with Crippen molar-refractivity contribution in [3.05, 3.63) is 56.8 Å². The van der Waals surface area contributed by atoms with Crippen molar-refractivity contribution in [3.8, 4) is 0 Å². The molecule has 0 radical (unpaired) electrons. The van der Waals surface area contributed by atoms with Crippen LogP contribution in [-0.2, 0) is 10.9 Å². The molecule has 2 unspecified atom stereocenters. The highest BCUT2D eigenvalue weighted by molar-refractivity contribution is 7.13. The highest BCUT2D eigenvalue weighted by Gasteiger charge is 2.38. The molecule has 3 heterocycles. The van der Waals surface area contributed by atoms with Gasteiger partial charge in [0.05, 0.1) is 22.3 Å². The maximum atomic E-state index is 13.3. The lowest BCUT2D eigenvalue weighted by Crippen LogP contribution is -2.20. The molecule has 5 nitrogen and oxygen atoms in total. The zero-order valence-electron chi connectivity index (χ0n) is 13.6. The summed E-state index contributed by atoms with van der Waals surface area (Å²) in [4.78, 5) is 19.9. The molecule has 0 spiro atoms. The fourth-order valence-corrected chi connectivity index (χ4v) is 3.76. The quantitative estimate of drug-likeness (QED) is 0.696. The van der Waals surface area contributed by atoms with Crippen LogP contribution in [0.5, 0.6) is 0 Å². The summed E-state index contributed by atoms with van der Waals surface area (Å²) in [6, 6.07) is 3.60. The summed E-state index contributed by atoms with van der Waals surface area (Å²) in [6.07, 6.45) is -3.69. The Bertz CT molecular complexity index is 1010. The number of H-pyrrole nitrogens is 1. The monoisotopic (exact) mass is 381 g/mol. The van der Waals surface area contributed by atoms with Crippen LogP contribution in [0.15, 0.2) is 34.6 Å². The van der Waals surface area contributed by atoms with Gasteiger partial charge >= 0.3 is 6.18 Å². The molecule has 0 bridgehead atoms. The molecule has 1 aromatic carbocycles. The summed E-state index contributed by atoms with van der Waals surface area (Å²) in [6.45, 7) is 1.85. The molecular formula is C17H14F3N3O2S. The van der Waals surface area contributed by atoms with Gasteiger partial charge in [-0.15, -0.1) is 11.3 Å². The van der Waals surface area contributed by atoms with Crippen LogP contribution in [0.1, 0.15) is 42.5 Å². The number of ether oxygens (including phenoxy) is 1. The molecular weight excluding hydrogens is 367 g/mol. The topological polar surface area (TPSA) is 67.0 Å². The number of nitrogens with zero attached hydrogens (tertiary/aromatic N) is 1. The van der Waals surface area contributed by atoms with E-state index in [-0.39, 0.29) is 10.9 Å². The number of hydrogen-bond acceptors (Lipinski definition) is 5. The van der Waals surface area contributed by atoms with Crippen molar-refractivity contribution in [1.82, 2.24) is 9.97 Å². The minimum Gasteiger partial charge on any atom is -0.355 e. The molecule has 2 N–H and O–H groups in total. The SMILES string of the molecule is CCC1OC(Nc2nccs2)c2c1[nH]c1c(C(F)(F)F)cccc1c2=O. The van der Waals surface area contributed by atoms with E-state index in [9.17, 15) is 18.0 Å². The van der Waals surface area contributed by atoms with Gasteiger partial charge in [-0.25, -0.2) is 4.98 Å². The number of nitrogens with one attached hydrogen (secondary N) is 2. The molecule has 2 atom stereocenters. The van der Waals surface area contributed by atoms with E-state index in [4.69, 9.17) is 4.74 Å². The van der Waals surface area contributed by atoms with Gasteiger partial charge in [-0.2, -0.15) is 13.2 Å². The van der Waals surface area contributed by atoms with Crippen molar-refractivity contribution in [2.75, 3.05) is 5.32 Å². The number of para-hydroxylation sites is 1. The van der Waals surface area contributed by atoms with Gasteiger partial charge in [0.2, 0.25) is 0 Å². The fraction of sp³-hybridized carbons (Fsp3) is 0.294. The Kier molecular flexibility index (Phi) is 4.00. The number of halogens is 3. The third-order valence-electron chi connectivity index (χ3n) is 4.35.